The van der Waals surface area contributed by atoms with E-state index in [4.69, 9.17) is 0 Å². The Morgan fingerprint density at radius 2 is 2.00 bits per heavy atom. The van der Waals surface area contributed by atoms with Crippen LogP contribution in [0.25, 0.3) is 0 Å². The number of rotatable bonds is 1. The Bertz CT molecular complexity index is 111. The van der Waals surface area contributed by atoms with Crippen molar-refractivity contribution in [1.82, 2.24) is 5.32 Å². The van der Waals surface area contributed by atoms with E-state index in [1.165, 1.54) is 12.8 Å². The normalized spacial score (nSPS) is 43.7. The smallest absolute Gasteiger partial charge is 0.0708 e. The molecule has 2 fully saturated rings. The lowest BCUT2D eigenvalue weighted by molar-refractivity contribution is 0.150. The maximum atomic E-state index is 9.34. The molecule has 2 N–H and O–H groups in total. The van der Waals surface area contributed by atoms with Crippen LogP contribution in [0.4, 0.5) is 0 Å². The number of hydrogen-bond acceptors (Lipinski definition) is 2. The van der Waals surface area contributed by atoms with E-state index in [2.05, 4.69) is 5.32 Å². The van der Waals surface area contributed by atoms with Crippen LogP contribution in [0.1, 0.15) is 19.3 Å². The fourth-order valence-corrected chi connectivity index (χ4v) is 1.65. The van der Waals surface area contributed by atoms with Crippen LogP contribution in [-0.2, 0) is 0 Å². The maximum Gasteiger partial charge on any atom is 0.0708 e. The van der Waals surface area contributed by atoms with Gasteiger partial charge in [-0.05, 0) is 31.7 Å². The zero-order chi connectivity index (χ0) is 6.27. The van der Waals surface area contributed by atoms with Crippen molar-refractivity contribution in [2.24, 2.45) is 5.92 Å². The second kappa shape index (κ2) is 1.96. The van der Waals surface area contributed by atoms with Gasteiger partial charge in [-0.15, -0.1) is 0 Å². The predicted octanol–water partition coefficient (Wildman–Crippen LogP) is 0.119. The Hall–Kier alpha value is -0.0800. The van der Waals surface area contributed by atoms with Crippen LogP contribution in [-0.4, -0.2) is 23.8 Å². The van der Waals surface area contributed by atoms with Crippen molar-refractivity contribution in [3.05, 3.63) is 0 Å². The molecule has 2 rings (SSSR count). The molecule has 2 aliphatic rings. The summed E-state index contributed by atoms with van der Waals surface area (Å²) in [5.41, 5.74) is 0. The third-order valence-electron chi connectivity index (χ3n) is 2.36. The minimum Gasteiger partial charge on any atom is -0.391 e. The molecule has 1 aliphatic carbocycles. The molecule has 52 valence electrons. The predicted molar refractivity (Wildman–Crippen MR) is 35.1 cm³/mol. The van der Waals surface area contributed by atoms with E-state index in [0.717, 1.165) is 18.9 Å². The average Bonchev–Trinajstić information content (AvgIpc) is 2.58. The molecule has 1 aliphatic heterocycles. The molecule has 0 aromatic carbocycles. The van der Waals surface area contributed by atoms with Gasteiger partial charge in [0.15, 0.2) is 0 Å². The molecule has 1 heterocycles. The van der Waals surface area contributed by atoms with Gasteiger partial charge in [0, 0.05) is 6.04 Å². The topological polar surface area (TPSA) is 32.3 Å². The first kappa shape index (κ1) is 5.69. The maximum absolute atomic E-state index is 9.34. The van der Waals surface area contributed by atoms with Crippen LogP contribution in [0.3, 0.4) is 0 Å². The molecule has 2 nitrogen and oxygen atoms in total. The van der Waals surface area contributed by atoms with Gasteiger partial charge in [0.25, 0.3) is 0 Å². The highest BCUT2D eigenvalue weighted by Gasteiger charge is 2.38. The molecule has 0 bridgehead atoms. The molecule has 0 unspecified atom stereocenters. The largest absolute Gasteiger partial charge is 0.391 e. The molecule has 1 saturated carbocycles. The van der Waals surface area contributed by atoms with Gasteiger partial charge < -0.3 is 10.4 Å². The van der Waals surface area contributed by atoms with Crippen LogP contribution >= 0.6 is 0 Å². The summed E-state index contributed by atoms with van der Waals surface area (Å²) in [5, 5.41) is 12.7. The molecule has 0 amide bonds. The highest BCUT2D eigenvalue weighted by molar-refractivity contribution is 4.94. The third-order valence-corrected chi connectivity index (χ3v) is 2.36. The molecular formula is C7H13NO. The van der Waals surface area contributed by atoms with Gasteiger partial charge in [0.2, 0.25) is 0 Å². The van der Waals surface area contributed by atoms with Gasteiger partial charge in [-0.3, -0.25) is 0 Å². The molecule has 1 saturated heterocycles. The lowest BCUT2D eigenvalue weighted by Crippen LogP contribution is -2.31. The second-order valence-electron chi connectivity index (χ2n) is 3.17. The molecular weight excluding hydrogens is 114 g/mol. The van der Waals surface area contributed by atoms with E-state index in [9.17, 15) is 5.11 Å². The first-order valence-electron chi connectivity index (χ1n) is 3.79. The summed E-state index contributed by atoms with van der Waals surface area (Å²) in [6.45, 7) is 1.02. The summed E-state index contributed by atoms with van der Waals surface area (Å²) >= 11 is 0. The van der Waals surface area contributed by atoms with Crippen molar-refractivity contribution < 1.29 is 5.11 Å². The summed E-state index contributed by atoms with van der Waals surface area (Å²) in [7, 11) is 0. The van der Waals surface area contributed by atoms with Gasteiger partial charge >= 0.3 is 0 Å². The SMILES string of the molecule is O[C@@H]1CCN[C@@H]1C1CC1. The van der Waals surface area contributed by atoms with Gasteiger partial charge in [0.05, 0.1) is 6.10 Å². The standard InChI is InChI=1S/C7H13NO/c9-6-3-4-8-7(6)5-1-2-5/h5-9H,1-4H2/t6-,7-/m1/s1. The van der Waals surface area contributed by atoms with Crippen molar-refractivity contribution >= 4 is 0 Å². The summed E-state index contributed by atoms with van der Waals surface area (Å²) in [6, 6.07) is 0.449. The molecule has 9 heavy (non-hydrogen) atoms. The first-order chi connectivity index (χ1) is 4.38. The zero-order valence-electron chi connectivity index (χ0n) is 5.51. The van der Waals surface area contributed by atoms with Crippen molar-refractivity contribution in [2.45, 2.75) is 31.4 Å². The Morgan fingerprint density at radius 1 is 1.22 bits per heavy atom. The fourth-order valence-electron chi connectivity index (χ4n) is 1.65. The van der Waals surface area contributed by atoms with Crippen molar-refractivity contribution in [3.63, 3.8) is 0 Å². The number of hydrogen-bond donors (Lipinski definition) is 2. The van der Waals surface area contributed by atoms with Crippen molar-refractivity contribution in [1.29, 1.82) is 0 Å². The second-order valence-corrected chi connectivity index (χ2v) is 3.17. The van der Waals surface area contributed by atoms with Crippen molar-refractivity contribution in [2.75, 3.05) is 6.54 Å². The highest BCUT2D eigenvalue weighted by atomic mass is 16.3. The highest BCUT2D eigenvalue weighted by Crippen LogP contribution is 2.35. The van der Waals surface area contributed by atoms with Crippen LogP contribution in [0, 0.1) is 5.92 Å². The van der Waals surface area contributed by atoms with Crippen LogP contribution in [0.5, 0.6) is 0 Å². The molecule has 0 radical (unpaired) electrons. The fraction of sp³-hybridized carbons (Fsp3) is 1.00. The van der Waals surface area contributed by atoms with Gasteiger partial charge in [-0.1, -0.05) is 0 Å². The Kier molecular flexibility index (Phi) is 1.24. The third kappa shape index (κ3) is 0.970. The molecule has 2 heteroatoms. The summed E-state index contributed by atoms with van der Waals surface area (Å²) in [5.74, 6) is 0.808. The van der Waals surface area contributed by atoms with Gasteiger partial charge in [0.1, 0.15) is 0 Å². The van der Waals surface area contributed by atoms with E-state index in [1.807, 2.05) is 0 Å². The van der Waals surface area contributed by atoms with E-state index >= 15 is 0 Å². The summed E-state index contributed by atoms with van der Waals surface area (Å²) < 4.78 is 0. The lowest BCUT2D eigenvalue weighted by atomic mass is 10.1. The van der Waals surface area contributed by atoms with E-state index in [0.29, 0.717) is 6.04 Å². The molecule has 0 aromatic rings. The van der Waals surface area contributed by atoms with Crippen molar-refractivity contribution in [3.8, 4) is 0 Å². The van der Waals surface area contributed by atoms with Gasteiger partial charge in [-0.2, -0.15) is 0 Å². The lowest BCUT2D eigenvalue weighted by Gasteiger charge is -2.12. The van der Waals surface area contributed by atoms with E-state index < -0.39 is 0 Å². The van der Waals surface area contributed by atoms with Gasteiger partial charge in [-0.25, -0.2) is 0 Å². The average molecular weight is 127 g/mol. The Balaban J connectivity index is 1.93. The molecule has 0 spiro atoms. The number of aliphatic hydroxyl groups is 1. The van der Waals surface area contributed by atoms with Crippen LogP contribution in [0.15, 0.2) is 0 Å². The van der Waals surface area contributed by atoms with Crippen LogP contribution < -0.4 is 5.32 Å². The minimum absolute atomic E-state index is 0.0440. The minimum atomic E-state index is -0.0440. The zero-order valence-corrected chi connectivity index (χ0v) is 5.51. The molecule has 2 atom stereocenters. The summed E-state index contributed by atoms with van der Waals surface area (Å²) in [4.78, 5) is 0. The van der Waals surface area contributed by atoms with Crippen LogP contribution in [0.2, 0.25) is 0 Å². The summed E-state index contributed by atoms with van der Waals surface area (Å²) in [6.07, 6.45) is 3.57. The van der Waals surface area contributed by atoms with E-state index in [-0.39, 0.29) is 6.10 Å². The number of nitrogens with one attached hydrogen (secondary N) is 1. The van der Waals surface area contributed by atoms with E-state index in [1.54, 1.807) is 0 Å². The molecule has 0 aromatic heterocycles. The Morgan fingerprint density at radius 3 is 2.44 bits per heavy atom. The Labute approximate surface area is 55.3 Å². The number of aliphatic hydroxyl groups excluding tert-OH is 1. The monoisotopic (exact) mass is 127 g/mol. The first-order valence-corrected chi connectivity index (χ1v) is 3.79. The quantitative estimate of drug-likeness (QED) is 0.524.